The molecule has 0 aromatic carbocycles. The molecule has 1 aliphatic heterocycles. The highest BCUT2D eigenvalue weighted by molar-refractivity contribution is 7.71. The summed E-state index contributed by atoms with van der Waals surface area (Å²) in [6.45, 7) is 0. The smallest absolute Gasteiger partial charge is 0.271 e. The molecule has 0 saturated heterocycles. The molecular formula is C7H9NO5S. The lowest BCUT2D eigenvalue weighted by molar-refractivity contribution is -0.151. The van der Waals surface area contributed by atoms with Crippen molar-refractivity contribution in [2.45, 2.75) is 24.5 Å². The molecular weight excluding hydrogens is 210 g/mol. The van der Waals surface area contributed by atoms with E-state index in [2.05, 4.69) is 0 Å². The number of hydrogen-bond acceptors (Lipinski definition) is 6. The van der Waals surface area contributed by atoms with E-state index < -0.39 is 24.5 Å². The van der Waals surface area contributed by atoms with Gasteiger partial charge in [-0.2, -0.15) is 0 Å². The molecule has 2 heterocycles. The van der Waals surface area contributed by atoms with Crippen molar-refractivity contribution in [3.63, 3.8) is 0 Å². The molecule has 0 spiro atoms. The van der Waals surface area contributed by atoms with Gasteiger partial charge in [0.15, 0.2) is 6.23 Å². The molecule has 0 amide bonds. The van der Waals surface area contributed by atoms with Crippen LogP contribution in [-0.2, 0) is 0 Å². The van der Waals surface area contributed by atoms with Gasteiger partial charge >= 0.3 is 0 Å². The van der Waals surface area contributed by atoms with Crippen LogP contribution < -0.4 is 0 Å². The minimum Gasteiger partial charge on any atom is -0.437 e. The van der Waals surface area contributed by atoms with Gasteiger partial charge < -0.3 is 24.8 Å². The van der Waals surface area contributed by atoms with Crippen LogP contribution in [0.3, 0.4) is 0 Å². The second kappa shape index (κ2) is 3.14. The zero-order valence-corrected chi connectivity index (χ0v) is 7.76. The molecule has 0 fully saturated rings. The Bertz CT molecular complexity index is 399. The first-order chi connectivity index (χ1) is 6.54. The normalized spacial score (nSPS) is 36.9. The fourth-order valence-electron chi connectivity index (χ4n) is 1.49. The Labute approximate surface area is 83.6 Å². The number of rotatable bonds is 0. The molecule has 4 N–H and O–H groups in total. The average molecular weight is 219 g/mol. The predicted molar refractivity (Wildman–Crippen MR) is 45.8 cm³/mol. The van der Waals surface area contributed by atoms with Gasteiger partial charge in [0.25, 0.3) is 4.84 Å². The quantitative estimate of drug-likeness (QED) is 0.421. The van der Waals surface area contributed by atoms with Crippen LogP contribution in [0.15, 0.2) is 10.7 Å². The number of aliphatic hydroxyl groups excluding tert-OH is 4. The van der Waals surface area contributed by atoms with Gasteiger partial charge in [-0.3, -0.25) is 4.57 Å². The summed E-state index contributed by atoms with van der Waals surface area (Å²) < 4.78 is 5.86. The SMILES string of the molecule is O[C@@H]1[C@H](O)[C@H](O)c2coc(=S)n2[C@@H]1O. The number of fused-ring (bicyclic) bond motifs is 1. The second-order valence-electron chi connectivity index (χ2n) is 3.14. The predicted octanol–water partition coefficient (Wildman–Crippen LogP) is -0.930. The first kappa shape index (κ1) is 9.81. The van der Waals surface area contributed by atoms with E-state index >= 15 is 0 Å². The van der Waals surface area contributed by atoms with E-state index in [4.69, 9.17) is 16.6 Å². The Morgan fingerprint density at radius 3 is 2.50 bits per heavy atom. The zero-order valence-electron chi connectivity index (χ0n) is 6.94. The largest absolute Gasteiger partial charge is 0.437 e. The van der Waals surface area contributed by atoms with Crippen LogP contribution in [0.2, 0.25) is 0 Å². The number of aliphatic hydroxyl groups is 4. The second-order valence-corrected chi connectivity index (χ2v) is 3.49. The van der Waals surface area contributed by atoms with Gasteiger partial charge in [0.2, 0.25) is 0 Å². The molecule has 78 valence electrons. The van der Waals surface area contributed by atoms with E-state index in [1.54, 1.807) is 0 Å². The fraction of sp³-hybridized carbons (Fsp3) is 0.571. The lowest BCUT2D eigenvalue weighted by Gasteiger charge is -2.33. The highest BCUT2D eigenvalue weighted by Gasteiger charge is 2.40. The topological polar surface area (TPSA) is 99.0 Å². The summed E-state index contributed by atoms with van der Waals surface area (Å²) in [6.07, 6.45) is -4.49. The molecule has 1 aromatic rings. The first-order valence-corrected chi connectivity index (χ1v) is 4.37. The summed E-state index contributed by atoms with van der Waals surface area (Å²) in [6, 6.07) is 0. The van der Waals surface area contributed by atoms with Crippen molar-refractivity contribution in [1.82, 2.24) is 4.57 Å². The summed E-state index contributed by atoms with van der Waals surface area (Å²) in [5, 5.41) is 37.6. The first-order valence-electron chi connectivity index (χ1n) is 3.96. The molecule has 2 rings (SSSR count). The lowest BCUT2D eigenvalue weighted by Crippen LogP contribution is -2.44. The molecule has 1 aromatic heterocycles. The summed E-state index contributed by atoms with van der Waals surface area (Å²) in [4.78, 5) is -0.0579. The molecule has 0 aliphatic carbocycles. The molecule has 0 radical (unpaired) electrons. The van der Waals surface area contributed by atoms with Crippen molar-refractivity contribution in [1.29, 1.82) is 0 Å². The highest BCUT2D eigenvalue weighted by atomic mass is 32.1. The van der Waals surface area contributed by atoms with Gasteiger partial charge in [-0.1, -0.05) is 0 Å². The summed E-state index contributed by atoms with van der Waals surface area (Å²) >= 11 is 4.73. The van der Waals surface area contributed by atoms with Crippen LogP contribution in [0.5, 0.6) is 0 Å². The van der Waals surface area contributed by atoms with Crippen molar-refractivity contribution < 1.29 is 24.8 Å². The minimum atomic E-state index is -1.48. The minimum absolute atomic E-state index is 0.0579. The Balaban J connectivity index is 2.58. The Kier molecular flexibility index (Phi) is 2.20. The van der Waals surface area contributed by atoms with Crippen LogP contribution in [0.4, 0.5) is 0 Å². The van der Waals surface area contributed by atoms with E-state index in [1.807, 2.05) is 0 Å². The molecule has 1 aliphatic rings. The van der Waals surface area contributed by atoms with Crippen LogP contribution >= 0.6 is 12.2 Å². The van der Waals surface area contributed by atoms with Crippen LogP contribution in [0.25, 0.3) is 0 Å². The van der Waals surface area contributed by atoms with Gasteiger partial charge in [-0.15, -0.1) is 0 Å². The molecule has 4 atom stereocenters. The molecule has 7 heteroatoms. The van der Waals surface area contributed by atoms with Crippen LogP contribution in [0.1, 0.15) is 18.0 Å². The van der Waals surface area contributed by atoms with Crippen molar-refractivity contribution in [2.75, 3.05) is 0 Å². The monoisotopic (exact) mass is 219 g/mol. The number of aromatic nitrogens is 1. The number of oxazole rings is 1. The standard InChI is InChI=1S/C7H9NO5S/c9-3-2-1-13-7(14)8(2)6(12)5(11)4(3)10/h1,3-6,9-12H/t3-,4-,5-,6-/m1/s1. The lowest BCUT2D eigenvalue weighted by atomic mass is 10.00. The molecule has 14 heavy (non-hydrogen) atoms. The summed E-state index contributed by atoms with van der Waals surface area (Å²) in [7, 11) is 0. The van der Waals surface area contributed by atoms with E-state index in [0.717, 1.165) is 10.8 Å². The third-order valence-electron chi connectivity index (χ3n) is 2.30. The maximum absolute atomic E-state index is 9.50. The Hall–Kier alpha value is -0.730. The fourth-order valence-corrected chi connectivity index (χ4v) is 1.76. The average Bonchev–Trinajstić information content (AvgIpc) is 2.54. The van der Waals surface area contributed by atoms with E-state index in [0.29, 0.717) is 0 Å². The van der Waals surface area contributed by atoms with Crippen molar-refractivity contribution in [3.05, 3.63) is 16.8 Å². The molecule has 0 bridgehead atoms. The van der Waals surface area contributed by atoms with E-state index in [1.165, 1.54) is 0 Å². The summed E-state index contributed by atoms with van der Waals surface area (Å²) in [5.41, 5.74) is 0.153. The Morgan fingerprint density at radius 2 is 1.86 bits per heavy atom. The third-order valence-corrected chi connectivity index (χ3v) is 2.59. The Morgan fingerprint density at radius 1 is 1.21 bits per heavy atom. The van der Waals surface area contributed by atoms with Crippen LogP contribution in [-0.4, -0.2) is 37.2 Å². The molecule has 0 saturated carbocycles. The van der Waals surface area contributed by atoms with Crippen LogP contribution in [0, 0.1) is 4.84 Å². The highest BCUT2D eigenvalue weighted by Crippen LogP contribution is 2.32. The molecule has 0 unspecified atom stereocenters. The number of hydrogen-bond donors (Lipinski definition) is 4. The van der Waals surface area contributed by atoms with Crippen molar-refractivity contribution in [3.8, 4) is 0 Å². The maximum Gasteiger partial charge on any atom is 0.271 e. The summed E-state index contributed by atoms with van der Waals surface area (Å²) in [5.74, 6) is 0. The van der Waals surface area contributed by atoms with Gasteiger partial charge in [0, 0.05) is 0 Å². The van der Waals surface area contributed by atoms with E-state index in [-0.39, 0.29) is 10.5 Å². The third kappa shape index (κ3) is 1.14. The van der Waals surface area contributed by atoms with E-state index in [9.17, 15) is 20.4 Å². The zero-order chi connectivity index (χ0) is 10.5. The maximum atomic E-state index is 9.50. The van der Waals surface area contributed by atoms with Gasteiger partial charge in [0.1, 0.15) is 24.6 Å². The van der Waals surface area contributed by atoms with Crippen molar-refractivity contribution >= 4 is 12.2 Å². The number of nitrogens with zero attached hydrogens (tertiary/aromatic N) is 1. The van der Waals surface area contributed by atoms with Crippen molar-refractivity contribution in [2.24, 2.45) is 0 Å². The van der Waals surface area contributed by atoms with Gasteiger partial charge in [0.05, 0.1) is 5.69 Å². The van der Waals surface area contributed by atoms with Gasteiger partial charge in [-0.25, -0.2) is 0 Å². The van der Waals surface area contributed by atoms with Gasteiger partial charge in [-0.05, 0) is 12.2 Å². The molecule has 6 nitrogen and oxygen atoms in total.